The summed E-state index contributed by atoms with van der Waals surface area (Å²) in [5, 5.41) is 9.65. The number of aromatic nitrogens is 1. The largest absolute Gasteiger partial charge is 0.500 e. The highest BCUT2D eigenvalue weighted by molar-refractivity contribution is 7.98. The number of carbonyl (C=O) groups is 1. The minimum absolute atomic E-state index is 0.0629. The highest BCUT2D eigenvalue weighted by Crippen LogP contribution is 2.25. The average Bonchev–Trinajstić information content (AvgIpc) is 2.83. The highest BCUT2D eigenvalue weighted by atomic mass is 32.2. The molecule has 6 heteroatoms. The van der Waals surface area contributed by atoms with Gasteiger partial charge in [0.05, 0.1) is 31.4 Å². The van der Waals surface area contributed by atoms with Gasteiger partial charge in [0.2, 0.25) is 0 Å². The standard InChI is InChI=1S/C27H29NO4S/c1-20-8-3-4-12-26(20)33-19-22-10-7-11-25(28-22)24(27(29)30)18-32-17-6-5-9-21-13-15-23(31-2)16-14-21/h3-4,7-8,10-16,18H,5-6,9,17,19H2,1-2H3,(H,29,30). The number of aliphatic carboxylic acids is 1. The first-order chi connectivity index (χ1) is 16.1. The smallest absolute Gasteiger partial charge is 0.341 e. The van der Waals surface area contributed by atoms with E-state index >= 15 is 0 Å². The monoisotopic (exact) mass is 463 g/mol. The Morgan fingerprint density at radius 2 is 1.82 bits per heavy atom. The molecular weight excluding hydrogens is 434 g/mol. The molecule has 0 spiro atoms. The van der Waals surface area contributed by atoms with E-state index in [2.05, 4.69) is 36.2 Å². The third-order valence-electron chi connectivity index (χ3n) is 5.12. The van der Waals surface area contributed by atoms with Gasteiger partial charge in [-0.3, -0.25) is 4.98 Å². The SMILES string of the molecule is COc1ccc(CCCCOC=C(C(=O)O)c2cccc(CSc3ccccc3C)n2)cc1. The molecule has 172 valence electrons. The fourth-order valence-electron chi connectivity index (χ4n) is 3.25. The lowest BCUT2D eigenvalue weighted by Crippen LogP contribution is -2.04. The Morgan fingerprint density at radius 3 is 2.55 bits per heavy atom. The second-order valence-electron chi connectivity index (χ2n) is 7.58. The van der Waals surface area contributed by atoms with Crippen molar-refractivity contribution in [2.24, 2.45) is 0 Å². The highest BCUT2D eigenvalue weighted by Gasteiger charge is 2.13. The van der Waals surface area contributed by atoms with Gasteiger partial charge < -0.3 is 14.6 Å². The van der Waals surface area contributed by atoms with E-state index in [1.54, 1.807) is 24.9 Å². The number of carboxylic acid groups (broad SMARTS) is 1. The molecule has 3 aromatic rings. The number of hydrogen-bond acceptors (Lipinski definition) is 5. The summed E-state index contributed by atoms with van der Waals surface area (Å²) >= 11 is 1.69. The van der Waals surface area contributed by atoms with Gasteiger partial charge >= 0.3 is 5.97 Å². The fraction of sp³-hybridized carbons (Fsp3) is 0.259. The Hall–Kier alpha value is -3.25. The number of aryl methyl sites for hydroxylation is 2. The minimum Gasteiger partial charge on any atom is -0.500 e. The van der Waals surface area contributed by atoms with Crippen LogP contribution >= 0.6 is 11.8 Å². The summed E-state index contributed by atoms with van der Waals surface area (Å²) < 4.78 is 10.7. The summed E-state index contributed by atoms with van der Waals surface area (Å²) in [6.45, 7) is 2.53. The van der Waals surface area contributed by atoms with Gasteiger partial charge in [0.1, 0.15) is 11.3 Å². The molecular formula is C27H29NO4S. The van der Waals surface area contributed by atoms with Crippen LogP contribution in [0.1, 0.15) is 35.4 Å². The van der Waals surface area contributed by atoms with E-state index < -0.39 is 5.97 Å². The van der Waals surface area contributed by atoms with Crippen LogP contribution < -0.4 is 4.74 Å². The molecule has 0 unspecified atom stereocenters. The van der Waals surface area contributed by atoms with E-state index in [4.69, 9.17) is 9.47 Å². The molecule has 0 aliphatic carbocycles. The van der Waals surface area contributed by atoms with E-state index in [0.717, 1.165) is 30.7 Å². The number of thioether (sulfide) groups is 1. The maximum absolute atomic E-state index is 11.8. The number of hydrogen-bond donors (Lipinski definition) is 1. The molecule has 5 nitrogen and oxygen atoms in total. The minimum atomic E-state index is -1.05. The normalized spacial score (nSPS) is 11.3. The lowest BCUT2D eigenvalue weighted by Gasteiger charge is -2.08. The van der Waals surface area contributed by atoms with Gasteiger partial charge in [0.15, 0.2) is 0 Å². The van der Waals surface area contributed by atoms with Crippen LogP contribution in [0, 0.1) is 6.92 Å². The summed E-state index contributed by atoms with van der Waals surface area (Å²) in [6.07, 6.45) is 4.03. The van der Waals surface area contributed by atoms with Crippen molar-refractivity contribution in [1.82, 2.24) is 4.98 Å². The van der Waals surface area contributed by atoms with Crippen molar-refractivity contribution in [3.8, 4) is 5.75 Å². The lowest BCUT2D eigenvalue weighted by atomic mass is 10.1. The van der Waals surface area contributed by atoms with Crippen LogP contribution in [-0.2, 0) is 21.7 Å². The number of pyridine rings is 1. The number of carboxylic acids is 1. The number of rotatable bonds is 12. The third kappa shape index (κ3) is 7.68. The van der Waals surface area contributed by atoms with Gasteiger partial charge in [-0.15, -0.1) is 11.8 Å². The number of ether oxygens (including phenoxy) is 2. The zero-order chi connectivity index (χ0) is 23.5. The second kappa shape index (κ2) is 12.7. The molecule has 0 aliphatic heterocycles. The summed E-state index contributed by atoms with van der Waals surface area (Å²) in [7, 11) is 1.65. The molecule has 0 fully saturated rings. The van der Waals surface area contributed by atoms with Crippen molar-refractivity contribution in [2.45, 2.75) is 36.8 Å². The molecule has 1 aromatic heterocycles. The van der Waals surface area contributed by atoms with Crippen molar-refractivity contribution in [1.29, 1.82) is 0 Å². The first kappa shape index (κ1) is 24.4. The van der Waals surface area contributed by atoms with E-state index in [-0.39, 0.29) is 5.57 Å². The van der Waals surface area contributed by atoms with E-state index in [9.17, 15) is 9.90 Å². The van der Waals surface area contributed by atoms with E-state index in [1.807, 2.05) is 36.4 Å². The van der Waals surface area contributed by atoms with Gasteiger partial charge in [-0.1, -0.05) is 36.4 Å². The second-order valence-corrected chi connectivity index (χ2v) is 8.60. The van der Waals surface area contributed by atoms with Crippen LogP contribution in [0.4, 0.5) is 0 Å². The van der Waals surface area contributed by atoms with Crippen LogP contribution in [0.5, 0.6) is 5.75 Å². The maximum Gasteiger partial charge on any atom is 0.341 e. The van der Waals surface area contributed by atoms with Gasteiger partial charge in [0.25, 0.3) is 0 Å². The quantitative estimate of drug-likeness (QED) is 0.150. The predicted octanol–water partition coefficient (Wildman–Crippen LogP) is 6.16. The summed E-state index contributed by atoms with van der Waals surface area (Å²) in [6, 6.07) is 21.6. The zero-order valence-corrected chi connectivity index (χ0v) is 19.8. The van der Waals surface area contributed by atoms with Crippen molar-refractivity contribution < 1.29 is 19.4 Å². The molecule has 0 amide bonds. The van der Waals surface area contributed by atoms with Gasteiger partial charge in [-0.05, 0) is 67.6 Å². The maximum atomic E-state index is 11.8. The molecule has 3 rings (SSSR count). The van der Waals surface area contributed by atoms with Crippen LogP contribution in [-0.4, -0.2) is 29.8 Å². The Morgan fingerprint density at radius 1 is 1.03 bits per heavy atom. The summed E-state index contributed by atoms with van der Waals surface area (Å²) in [5.41, 5.74) is 3.75. The van der Waals surface area contributed by atoms with E-state index in [0.29, 0.717) is 18.1 Å². The molecule has 33 heavy (non-hydrogen) atoms. The number of methoxy groups -OCH3 is 1. The topological polar surface area (TPSA) is 68.7 Å². The molecule has 0 saturated carbocycles. The predicted molar refractivity (Wildman–Crippen MR) is 132 cm³/mol. The first-order valence-electron chi connectivity index (χ1n) is 10.9. The Balaban J connectivity index is 1.51. The number of unbranched alkanes of at least 4 members (excludes halogenated alkanes) is 1. The van der Waals surface area contributed by atoms with Crippen LogP contribution in [0.2, 0.25) is 0 Å². The van der Waals surface area contributed by atoms with Gasteiger partial charge in [-0.2, -0.15) is 0 Å². The Bertz CT molecular complexity index is 1080. The van der Waals surface area contributed by atoms with Crippen molar-refractivity contribution in [2.75, 3.05) is 13.7 Å². The first-order valence-corrected chi connectivity index (χ1v) is 11.9. The molecule has 0 bridgehead atoms. The molecule has 2 aromatic carbocycles. The van der Waals surface area contributed by atoms with Crippen molar-refractivity contribution in [3.63, 3.8) is 0 Å². The molecule has 0 atom stereocenters. The van der Waals surface area contributed by atoms with E-state index in [1.165, 1.54) is 22.3 Å². The van der Waals surface area contributed by atoms with Crippen LogP contribution in [0.15, 0.2) is 77.9 Å². The van der Waals surface area contributed by atoms with Gasteiger partial charge in [0, 0.05) is 10.6 Å². The van der Waals surface area contributed by atoms with Gasteiger partial charge in [-0.25, -0.2) is 4.79 Å². The molecule has 1 heterocycles. The Kier molecular flexibility index (Phi) is 9.39. The molecule has 0 aliphatic rings. The van der Waals surface area contributed by atoms with Crippen molar-refractivity contribution >= 4 is 23.3 Å². The lowest BCUT2D eigenvalue weighted by molar-refractivity contribution is -0.130. The third-order valence-corrected chi connectivity index (χ3v) is 6.33. The summed E-state index contributed by atoms with van der Waals surface area (Å²) in [5.74, 6) is 0.460. The molecule has 0 radical (unpaired) electrons. The fourth-order valence-corrected chi connectivity index (χ4v) is 4.18. The molecule has 0 saturated heterocycles. The summed E-state index contributed by atoms with van der Waals surface area (Å²) in [4.78, 5) is 17.5. The van der Waals surface area contributed by atoms with Crippen LogP contribution in [0.25, 0.3) is 5.57 Å². The molecule has 1 N–H and O–H groups in total. The zero-order valence-electron chi connectivity index (χ0n) is 19.0. The average molecular weight is 464 g/mol. The van der Waals surface area contributed by atoms with Crippen LogP contribution in [0.3, 0.4) is 0 Å². The number of benzene rings is 2. The number of nitrogens with zero attached hydrogens (tertiary/aromatic N) is 1. The van der Waals surface area contributed by atoms with Crippen molar-refractivity contribution in [3.05, 3.63) is 95.5 Å². The Labute approximate surface area is 199 Å².